The van der Waals surface area contributed by atoms with Gasteiger partial charge >= 0.3 is 0 Å². The molecule has 2 aromatic rings. The molecule has 0 unspecified atom stereocenters. The van der Waals surface area contributed by atoms with Crippen molar-refractivity contribution in [2.24, 2.45) is 23.5 Å². The first-order chi connectivity index (χ1) is 7.59. The number of fused-ring (bicyclic) bond motifs is 1. The van der Waals surface area contributed by atoms with Crippen LogP contribution >= 0.6 is 0 Å². The van der Waals surface area contributed by atoms with Crippen molar-refractivity contribution >= 4 is 22.8 Å². The highest BCUT2D eigenvalue weighted by molar-refractivity contribution is 6.10. The van der Waals surface area contributed by atoms with E-state index in [4.69, 9.17) is 11.5 Å². The van der Waals surface area contributed by atoms with Gasteiger partial charge in [0, 0.05) is 24.1 Å². The van der Waals surface area contributed by atoms with Crippen LogP contribution in [0.25, 0.3) is 10.9 Å². The van der Waals surface area contributed by atoms with Crippen LogP contribution in [0.15, 0.2) is 35.5 Å². The number of para-hydroxylation sites is 1. The van der Waals surface area contributed by atoms with Crippen molar-refractivity contribution in [3.8, 4) is 0 Å². The van der Waals surface area contributed by atoms with E-state index in [2.05, 4.69) is 4.99 Å². The van der Waals surface area contributed by atoms with E-state index in [-0.39, 0.29) is 5.96 Å². The summed E-state index contributed by atoms with van der Waals surface area (Å²) in [5, 5.41) is 0.847. The van der Waals surface area contributed by atoms with Gasteiger partial charge in [-0.05, 0) is 6.07 Å². The molecule has 0 fully saturated rings. The minimum atomic E-state index is -0.420. The van der Waals surface area contributed by atoms with Crippen molar-refractivity contribution in [3.05, 3.63) is 36.0 Å². The summed E-state index contributed by atoms with van der Waals surface area (Å²) < 4.78 is 1.87. The molecule has 1 heterocycles. The quantitative estimate of drug-likeness (QED) is 0.540. The maximum Gasteiger partial charge on any atom is 0.282 e. The molecule has 82 valence electrons. The van der Waals surface area contributed by atoms with Crippen molar-refractivity contribution < 1.29 is 4.79 Å². The Morgan fingerprint density at radius 1 is 1.31 bits per heavy atom. The number of hydrogen-bond acceptors (Lipinski definition) is 1. The SMILES string of the molecule is Cn1cc(C(=O)N=C(N)N)c2ccccc21. The molecular formula is C11H12N4O. The number of carbonyl (C=O) groups is 1. The standard InChI is InChI=1S/C11H12N4O/c1-15-6-8(10(16)14-11(12)13)7-4-2-3-5-9(7)15/h2-6H,1H3,(H4,12,13,14,16). The number of benzene rings is 1. The molecule has 0 bridgehead atoms. The number of amides is 1. The molecule has 0 spiro atoms. The highest BCUT2D eigenvalue weighted by Gasteiger charge is 2.12. The molecule has 0 aliphatic heterocycles. The maximum atomic E-state index is 11.7. The fraction of sp³-hybridized carbons (Fsp3) is 0.0909. The first-order valence-electron chi connectivity index (χ1n) is 4.77. The summed E-state index contributed by atoms with van der Waals surface area (Å²) in [6.45, 7) is 0. The van der Waals surface area contributed by atoms with Crippen LogP contribution in [0.5, 0.6) is 0 Å². The van der Waals surface area contributed by atoms with E-state index >= 15 is 0 Å². The van der Waals surface area contributed by atoms with E-state index in [1.165, 1.54) is 0 Å². The lowest BCUT2D eigenvalue weighted by Gasteiger charge is -1.94. The van der Waals surface area contributed by atoms with Gasteiger partial charge in [-0.1, -0.05) is 18.2 Å². The van der Waals surface area contributed by atoms with Crippen LogP contribution in [-0.4, -0.2) is 16.4 Å². The normalized spacial score (nSPS) is 10.3. The van der Waals surface area contributed by atoms with Gasteiger partial charge in [-0.15, -0.1) is 0 Å². The second kappa shape index (κ2) is 3.69. The van der Waals surface area contributed by atoms with Crippen molar-refractivity contribution in [2.45, 2.75) is 0 Å². The van der Waals surface area contributed by atoms with Crippen molar-refractivity contribution in [2.75, 3.05) is 0 Å². The van der Waals surface area contributed by atoms with Gasteiger partial charge in [-0.3, -0.25) is 4.79 Å². The van der Waals surface area contributed by atoms with Crippen LogP contribution in [0.1, 0.15) is 10.4 Å². The molecule has 2 rings (SSSR count). The molecule has 0 aliphatic carbocycles. The fourth-order valence-corrected chi connectivity index (χ4v) is 1.69. The number of nitrogens with zero attached hydrogens (tertiary/aromatic N) is 2. The molecule has 1 aromatic carbocycles. The average molecular weight is 216 g/mol. The first kappa shape index (κ1) is 10.2. The van der Waals surface area contributed by atoms with Crippen LogP contribution in [0, 0.1) is 0 Å². The number of carbonyl (C=O) groups excluding carboxylic acids is 1. The van der Waals surface area contributed by atoms with Gasteiger partial charge in [0.25, 0.3) is 5.91 Å². The molecule has 0 saturated carbocycles. The second-order valence-electron chi connectivity index (χ2n) is 3.51. The molecule has 5 heteroatoms. The number of rotatable bonds is 1. The van der Waals surface area contributed by atoms with Gasteiger partial charge in [-0.25, -0.2) is 0 Å². The van der Waals surface area contributed by atoms with Gasteiger partial charge in [0.05, 0.1) is 5.56 Å². The third kappa shape index (κ3) is 1.63. The monoisotopic (exact) mass is 216 g/mol. The van der Waals surface area contributed by atoms with Crippen LogP contribution in [0.2, 0.25) is 0 Å². The molecule has 0 aliphatic rings. The number of aliphatic imine (C=N–C) groups is 1. The summed E-state index contributed by atoms with van der Waals surface area (Å²) in [4.78, 5) is 15.3. The Labute approximate surface area is 92.4 Å². The predicted octanol–water partition coefficient (Wildman–Crippen LogP) is 0.592. The smallest absolute Gasteiger partial charge is 0.282 e. The summed E-state index contributed by atoms with van der Waals surface area (Å²) >= 11 is 0. The summed E-state index contributed by atoms with van der Waals surface area (Å²) in [6.07, 6.45) is 1.72. The minimum Gasteiger partial charge on any atom is -0.370 e. The Morgan fingerprint density at radius 3 is 2.69 bits per heavy atom. The zero-order valence-electron chi connectivity index (χ0n) is 8.84. The number of guanidine groups is 1. The predicted molar refractivity (Wildman–Crippen MR) is 63.1 cm³/mol. The van der Waals surface area contributed by atoms with E-state index < -0.39 is 5.91 Å². The Kier molecular flexibility index (Phi) is 2.36. The number of hydrogen-bond donors (Lipinski definition) is 2. The largest absolute Gasteiger partial charge is 0.370 e. The van der Waals surface area contributed by atoms with Gasteiger partial charge in [0.1, 0.15) is 0 Å². The molecule has 0 atom stereocenters. The number of aromatic nitrogens is 1. The van der Waals surface area contributed by atoms with E-state index in [9.17, 15) is 4.79 Å². The summed E-state index contributed by atoms with van der Waals surface area (Å²) in [6, 6.07) is 7.58. The molecule has 16 heavy (non-hydrogen) atoms. The first-order valence-corrected chi connectivity index (χ1v) is 4.77. The lowest BCUT2D eigenvalue weighted by Crippen LogP contribution is -2.24. The topological polar surface area (TPSA) is 86.4 Å². The number of aryl methyl sites for hydroxylation is 1. The lowest BCUT2D eigenvalue weighted by molar-refractivity contribution is 0.100. The Bertz CT molecular complexity index is 579. The molecule has 1 aromatic heterocycles. The molecular weight excluding hydrogens is 204 g/mol. The van der Waals surface area contributed by atoms with E-state index in [1.54, 1.807) is 6.20 Å². The zero-order chi connectivity index (χ0) is 11.7. The van der Waals surface area contributed by atoms with E-state index in [0.717, 1.165) is 10.9 Å². The summed E-state index contributed by atoms with van der Waals surface area (Å²) in [7, 11) is 1.87. The highest BCUT2D eigenvalue weighted by atomic mass is 16.1. The van der Waals surface area contributed by atoms with E-state index in [0.29, 0.717) is 5.56 Å². The molecule has 5 nitrogen and oxygen atoms in total. The third-order valence-corrected chi connectivity index (χ3v) is 2.36. The molecule has 1 amide bonds. The van der Waals surface area contributed by atoms with Gasteiger partial charge in [0.15, 0.2) is 5.96 Å². The van der Waals surface area contributed by atoms with Gasteiger partial charge in [0.2, 0.25) is 0 Å². The lowest BCUT2D eigenvalue weighted by atomic mass is 10.2. The van der Waals surface area contributed by atoms with Crippen molar-refractivity contribution in [1.82, 2.24) is 4.57 Å². The van der Waals surface area contributed by atoms with Crippen LogP contribution < -0.4 is 11.5 Å². The molecule has 4 N–H and O–H groups in total. The van der Waals surface area contributed by atoms with Crippen molar-refractivity contribution in [1.29, 1.82) is 0 Å². The van der Waals surface area contributed by atoms with Crippen LogP contribution in [0.4, 0.5) is 0 Å². The van der Waals surface area contributed by atoms with Gasteiger partial charge in [-0.2, -0.15) is 4.99 Å². The maximum absolute atomic E-state index is 11.7. The second-order valence-corrected chi connectivity index (χ2v) is 3.51. The summed E-state index contributed by atoms with van der Waals surface area (Å²) in [5.74, 6) is -0.644. The Morgan fingerprint density at radius 2 is 2.00 bits per heavy atom. The Hall–Kier alpha value is -2.30. The number of nitrogens with two attached hydrogens (primary N) is 2. The fourth-order valence-electron chi connectivity index (χ4n) is 1.69. The van der Waals surface area contributed by atoms with Crippen LogP contribution in [-0.2, 0) is 7.05 Å². The average Bonchev–Trinajstić information content (AvgIpc) is 2.56. The third-order valence-electron chi connectivity index (χ3n) is 2.36. The molecule has 0 radical (unpaired) electrons. The zero-order valence-corrected chi connectivity index (χ0v) is 8.84. The van der Waals surface area contributed by atoms with E-state index in [1.807, 2.05) is 35.9 Å². The van der Waals surface area contributed by atoms with Gasteiger partial charge < -0.3 is 16.0 Å². The van der Waals surface area contributed by atoms with Crippen molar-refractivity contribution in [3.63, 3.8) is 0 Å². The minimum absolute atomic E-state index is 0.224. The molecule has 0 saturated heterocycles. The van der Waals surface area contributed by atoms with Crippen LogP contribution in [0.3, 0.4) is 0 Å². The Balaban J connectivity index is 2.62. The highest BCUT2D eigenvalue weighted by Crippen LogP contribution is 2.20. The summed E-state index contributed by atoms with van der Waals surface area (Å²) in [5.41, 5.74) is 11.8.